The minimum Gasteiger partial charge on any atom is -0.368 e. The predicted octanol–water partition coefficient (Wildman–Crippen LogP) is 2.77. The molecule has 3 N–H and O–H groups in total. The first kappa shape index (κ1) is 20.9. The lowest BCUT2D eigenvalue weighted by Crippen LogP contribution is -2.12. The molecule has 4 rings (SSSR count). The third-order valence-corrected chi connectivity index (χ3v) is 5.78. The van der Waals surface area contributed by atoms with Crippen LogP contribution in [0.2, 0.25) is 0 Å². The van der Waals surface area contributed by atoms with Crippen molar-refractivity contribution in [3.05, 3.63) is 60.7 Å². The fourth-order valence-corrected chi connectivity index (χ4v) is 3.73. The molecule has 10 heteroatoms. The molecule has 0 unspecified atom stereocenters. The fourth-order valence-electron chi connectivity index (χ4n) is 3.21. The lowest BCUT2D eigenvalue weighted by molar-refractivity contribution is 0.597. The van der Waals surface area contributed by atoms with E-state index in [1.165, 1.54) is 12.1 Å². The molecular weight excluding hydrogens is 414 g/mol. The maximum atomic E-state index is 11.4. The third kappa shape index (κ3) is 4.54. The molecule has 0 radical (unpaired) electrons. The van der Waals surface area contributed by atoms with Gasteiger partial charge in [-0.3, -0.25) is 4.98 Å². The molecular formula is C21H23N7O2S. The lowest BCUT2D eigenvalue weighted by Gasteiger charge is -2.11. The molecule has 1 aromatic carbocycles. The molecule has 3 heterocycles. The molecule has 0 saturated carbocycles. The molecule has 4 aromatic rings. The number of nitrogens with zero attached hydrogens (tertiary/aromatic N) is 5. The number of benzene rings is 1. The molecule has 0 atom stereocenters. The number of imidazole rings is 1. The molecule has 0 amide bonds. The van der Waals surface area contributed by atoms with Crippen LogP contribution >= 0.6 is 0 Å². The van der Waals surface area contributed by atoms with E-state index in [2.05, 4.69) is 34.1 Å². The maximum absolute atomic E-state index is 11.4. The van der Waals surface area contributed by atoms with Crippen LogP contribution in [0.5, 0.6) is 0 Å². The summed E-state index contributed by atoms with van der Waals surface area (Å²) in [6, 6.07) is 10.5. The van der Waals surface area contributed by atoms with Crippen LogP contribution in [0.4, 0.5) is 5.82 Å². The van der Waals surface area contributed by atoms with E-state index in [0.29, 0.717) is 30.1 Å². The normalized spacial score (nSPS) is 11.9. The first-order valence-electron chi connectivity index (χ1n) is 9.83. The second-order valence-corrected chi connectivity index (χ2v) is 8.98. The van der Waals surface area contributed by atoms with Gasteiger partial charge in [-0.2, -0.15) is 0 Å². The standard InChI is InChI=1S/C21H23N7O2S/c1-14(2)28-13-25-18-20(26-19(27-21(18)28)16-4-3-10-23-12-16)24-11-9-15-5-7-17(8-6-15)31(22,29)30/h3-8,10,12-14H,9,11H2,1-2H3,(H2,22,29,30)(H,24,26,27). The molecule has 0 aliphatic rings. The number of hydrogen-bond acceptors (Lipinski definition) is 7. The Balaban J connectivity index is 1.60. The summed E-state index contributed by atoms with van der Waals surface area (Å²) < 4.78 is 24.8. The summed E-state index contributed by atoms with van der Waals surface area (Å²) in [4.78, 5) is 18.2. The average Bonchev–Trinajstić information content (AvgIpc) is 3.19. The number of primary sulfonamides is 1. The number of rotatable bonds is 7. The summed E-state index contributed by atoms with van der Waals surface area (Å²) in [5.74, 6) is 1.22. The predicted molar refractivity (Wildman–Crippen MR) is 119 cm³/mol. The van der Waals surface area contributed by atoms with Gasteiger partial charge in [0.15, 0.2) is 17.3 Å². The summed E-state index contributed by atoms with van der Waals surface area (Å²) in [5, 5.41) is 8.51. The van der Waals surface area contributed by atoms with E-state index in [4.69, 9.17) is 10.1 Å². The van der Waals surface area contributed by atoms with Crippen LogP contribution in [0.3, 0.4) is 0 Å². The first-order chi connectivity index (χ1) is 14.8. The highest BCUT2D eigenvalue weighted by molar-refractivity contribution is 7.89. The monoisotopic (exact) mass is 437 g/mol. The Bertz CT molecular complexity index is 1300. The highest BCUT2D eigenvalue weighted by atomic mass is 32.2. The quantitative estimate of drug-likeness (QED) is 0.455. The van der Waals surface area contributed by atoms with Crippen molar-refractivity contribution >= 4 is 27.0 Å². The Labute approximate surface area is 180 Å². The molecule has 0 bridgehead atoms. The largest absolute Gasteiger partial charge is 0.368 e. The zero-order chi connectivity index (χ0) is 22.0. The summed E-state index contributed by atoms with van der Waals surface area (Å²) in [6.45, 7) is 4.73. The van der Waals surface area contributed by atoms with Gasteiger partial charge in [0.25, 0.3) is 0 Å². The zero-order valence-electron chi connectivity index (χ0n) is 17.2. The van der Waals surface area contributed by atoms with Gasteiger partial charge in [-0.05, 0) is 50.1 Å². The van der Waals surface area contributed by atoms with Gasteiger partial charge in [-0.25, -0.2) is 28.5 Å². The number of hydrogen-bond donors (Lipinski definition) is 2. The summed E-state index contributed by atoms with van der Waals surface area (Å²) >= 11 is 0. The van der Waals surface area contributed by atoms with E-state index in [9.17, 15) is 8.42 Å². The Hall–Kier alpha value is -3.37. The van der Waals surface area contributed by atoms with Crippen molar-refractivity contribution in [1.82, 2.24) is 24.5 Å². The number of nitrogens with one attached hydrogen (secondary N) is 1. The third-order valence-electron chi connectivity index (χ3n) is 4.86. The van der Waals surface area contributed by atoms with Crippen molar-refractivity contribution in [2.45, 2.75) is 31.2 Å². The van der Waals surface area contributed by atoms with Crippen molar-refractivity contribution in [2.75, 3.05) is 11.9 Å². The van der Waals surface area contributed by atoms with Gasteiger partial charge in [0.1, 0.15) is 5.52 Å². The van der Waals surface area contributed by atoms with Gasteiger partial charge in [-0.15, -0.1) is 0 Å². The molecule has 160 valence electrons. The number of pyridine rings is 1. The minimum absolute atomic E-state index is 0.0991. The van der Waals surface area contributed by atoms with E-state index < -0.39 is 10.0 Å². The van der Waals surface area contributed by atoms with Crippen LogP contribution < -0.4 is 10.5 Å². The second kappa shape index (κ2) is 8.40. The Kier molecular flexibility index (Phi) is 5.66. The van der Waals surface area contributed by atoms with Crippen molar-refractivity contribution in [1.29, 1.82) is 0 Å². The first-order valence-corrected chi connectivity index (χ1v) is 11.4. The van der Waals surface area contributed by atoms with Crippen LogP contribution in [0, 0.1) is 0 Å². The van der Waals surface area contributed by atoms with Gasteiger partial charge in [0, 0.05) is 30.5 Å². The molecule has 0 aliphatic carbocycles. The summed E-state index contributed by atoms with van der Waals surface area (Å²) in [5.41, 5.74) is 3.25. The molecule has 9 nitrogen and oxygen atoms in total. The molecule has 0 aliphatic heterocycles. The number of aromatic nitrogens is 5. The van der Waals surface area contributed by atoms with Crippen LogP contribution in [0.1, 0.15) is 25.5 Å². The number of sulfonamides is 1. The van der Waals surface area contributed by atoms with Gasteiger partial charge < -0.3 is 9.88 Å². The molecule has 31 heavy (non-hydrogen) atoms. The smallest absolute Gasteiger partial charge is 0.238 e. The highest BCUT2D eigenvalue weighted by Gasteiger charge is 2.16. The van der Waals surface area contributed by atoms with Crippen LogP contribution in [0.25, 0.3) is 22.6 Å². The Morgan fingerprint density at radius 2 is 1.90 bits per heavy atom. The van der Waals surface area contributed by atoms with Crippen LogP contribution in [-0.2, 0) is 16.4 Å². The number of anilines is 1. The van der Waals surface area contributed by atoms with Crippen molar-refractivity contribution in [2.24, 2.45) is 5.14 Å². The van der Waals surface area contributed by atoms with Crippen molar-refractivity contribution < 1.29 is 8.42 Å². The number of nitrogens with two attached hydrogens (primary N) is 1. The van der Waals surface area contributed by atoms with Crippen molar-refractivity contribution in [3.8, 4) is 11.4 Å². The van der Waals surface area contributed by atoms with E-state index in [1.807, 2.05) is 16.7 Å². The Morgan fingerprint density at radius 3 is 2.55 bits per heavy atom. The average molecular weight is 438 g/mol. The maximum Gasteiger partial charge on any atom is 0.238 e. The topological polar surface area (TPSA) is 129 Å². The van der Waals surface area contributed by atoms with Gasteiger partial charge >= 0.3 is 0 Å². The van der Waals surface area contributed by atoms with Gasteiger partial charge in [0.05, 0.1) is 11.2 Å². The highest BCUT2D eigenvalue weighted by Crippen LogP contribution is 2.25. The van der Waals surface area contributed by atoms with Crippen molar-refractivity contribution in [3.63, 3.8) is 0 Å². The molecule has 3 aromatic heterocycles. The molecule has 0 spiro atoms. The van der Waals surface area contributed by atoms with Gasteiger partial charge in [-0.1, -0.05) is 12.1 Å². The van der Waals surface area contributed by atoms with E-state index >= 15 is 0 Å². The van der Waals surface area contributed by atoms with Crippen LogP contribution in [0.15, 0.2) is 60.0 Å². The van der Waals surface area contributed by atoms with E-state index in [0.717, 1.165) is 16.8 Å². The lowest BCUT2D eigenvalue weighted by atomic mass is 10.1. The van der Waals surface area contributed by atoms with Gasteiger partial charge in [0.2, 0.25) is 10.0 Å². The number of fused-ring (bicyclic) bond motifs is 1. The fraction of sp³-hybridized carbons (Fsp3) is 0.238. The summed E-state index contributed by atoms with van der Waals surface area (Å²) in [6.07, 6.45) is 5.88. The Morgan fingerprint density at radius 1 is 1.13 bits per heavy atom. The minimum atomic E-state index is -3.69. The molecule has 0 saturated heterocycles. The second-order valence-electron chi connectivity index (χ2n) is 7.42. The SMILES string of the molecule is CC(C)n1cnc2c(NCCc3ccc(S(N)(=O)=O)cc3)nc(-c3cccnc3)nc21. The van der Waals surface area contributed by atoms with E-state index in [1.54, 1.807) is 30.9 Å². The van der Waals surface area contributed by atoms with Crippen LogP contribution in [-0.4, -0.2) is 39.5 Å². The summed E-state index contributed by atoms with van der Waals surface area (Å²) in [7, 11) is -3.69. The van der Waals surface area contributed by atoms with E-state index in [-0.39, 0.29) is 10.9 Å². The molecule has 0 fully saturated rings. The zero-order valence-corrected chi connectivity index (χ0v) is 18.0.